The monoisotopic (exact) mass is 225 g/mol. The van der Waals surface area contributed by atoms with Gasteiger partial charge < -0.3 is 10.1 Å². The fraction of sp³-hybridized carbons (Fsp3) is 0.0769. The summed E-state index contributed by atoms with van der Waals surface area (Å²) >= 11 is 0. The van der Waals surface area contributed by atoms with Gasteiger partial charge in [-0.25, -0.2) is 9.97 Å². The first-order chi connectivity index (χ1) is 8.25. The fourth-order valence-electron chi connectivity index (χ4n) is 1.85. The lowest BCUT2D eigenvalue weighted by Crippen LogP contribution is -1.85. The van der Waals surface area contributed by atoms with Crippen molar-refractivity contribution in [3.8, 4) is 17.1 Å². The zero-order valence-corrected chi connectivity index (χ0v) is 9.31. The number of rotatable bonds is 1. The van der Waals surface area contributed by atoms with Gasteiger partial charge in [0.1, 0.15) is 11.6 Å². The van der Waals surface area contributed by atoms with Crippen LogP contribution in [0, 0.1) is 6.92 Å². The first-order valence-electron chi connectivity index (χ1n) is 5.35. The topological polar surface area (TPSA) is 61.8 Å². The quantitative estimate of drug-likeness (QED) is 0.669. The lowest BCUT2D eigenvalue weighted by molar-refractivity contribution is 0.471. The minimum atomic E-state index is 0.274. The molecule has 0 saturated carbocycles. The van der Waals surface area contributed by atoms with Crippen molar-refractivity contribution in [1.29, 1.82) is 0 Å². The molecule has 0 aliphatic rings. The molecular weight excluding hydrogens is 214 g/mol. The molecule has 2 N–H and O–H groups in total. The van der Waals surface area contributed by atoms with E-state index in [1.165, 1.54) is 0 Å². The van der Waals surface area contributed by atoms with Gasteiger partial charge in [-0.05, 0) is 25.1 Å². The number of nitrogens with zero attached hydrogens (tertiary/aromatic N) is 2. The van der Waals surface area contributed by atoms with Crippen LogP contribution in [0.25, 0.3) is 22.6 Å². The average molecular weight is 225 g/mol. The van der Waals surface area contributed by atoms with Gasteiger partial charge in [0.25, 0.3) is 0 Å². The molecule has 0 spiro atoms. The standard InChI is InChI=1S/C13H11N3O/c1-8-9(4-2-6-11(8)17)12-15-10-5-3-7-14-13(10)16-12/h2-7,17H,1H3,(H,14,15,16). The summed E-state index contributed by atoms with van der Waals surface area (Å²) in [7, 11) is 0. The van der Waals surface area contributed by atoms with Crippen molar-refractivity contribution in [3.05, 3.63) is 42.1 Å². The number of benzene rings is 1. The SMILES string of the molecule is Cc1c(O)cccc1-c1nc2ncccc2[nH]1. The summed E-state index contributed by atoms with van der Waals surface area (Å²) in [5.41, 5.74) is 3.28. The zero-order valence-electron chi connectivity index (χ0n) is 9.31. The van der Waals surface area contributed by atoms with E-state index in [0.29, 0.717) is 5.65 Å². The predicted octanol–water partition coefficient (Wildman–Crippen LogP) is 2.64. The van der Waals surface area contributed by atoms with E-state index >= 15 is 0 Å². The molecule has 4 nitrogen and oxygen atoms in total. The molecule has 0 aliphatic heterocycles. The molecule has 1 aromatic carbocycles. The molecule has 17 heavy (non-hydrogen) atoms. The van der Waals surface area contributed by atoms with Crippen LogP contribution in [-0.2, 0) is 0 Å². The van der Waals surface area contributed by atoms with Crippen LogP contribution in [0.3, 0.4) is 0 Å². The Hall–Kier alpha value is -2.36. The fourth-order valence-corrected chi connectivity index (χ4v) is 1.85. The van der Waals surface area contributed by atoms with Gasteiger partial charge in [0.2, 0.25) is 0 Å². The Bertz CT molecular complexity index is 655. The van der Waals surface area contributed by atoms with Gasteiger partial charge >= 0.3 is 0 Å². The molecule has 3 aromatic rings. The first-order valence-corrected chi connectivity index (χ1v) is 5.35. The highest BCUT2D eigenvalue weighted by Gasteiger charge is 2.09. The van der Waals surface area contributed by atoms with Gasteiger partial charge in [-0.2, -0.15) is 0 Å². The Morgan fingerprint density at radius 1 is 1.18 bits per heavy atom. The van der Waals surface area contributed by atoms with Crippen LogP contribution >= 0.6 is 0 Å². The number of aromatic amines is 1. The molecule has 2 heterocycles. The third-order valence-corrected chi connectivity index (χ3v) is 2.82. The van der Waals surface area contributed by atoms with Crippen molar-refractivity contribution in [3.63, 3.8) is 0 Å². The van der Waals surface area contributed by atoms with Crippen molar-refractivity contribution in [2.24, 2.45) is 0 Å². The third-order valence-electron chi connectivity index (χ3n) is 2.82. The average Bonchev–Trinajstić information content (AvgIpc) is 2.76. The number of fused-ring (bicyclic) bond motifs is 1. The third kappa shape index (κ3) is 1.54. The second-order valence-electron chi connectivity index (χ2n) is 3.91. The minimum Gasteiger partial charge on any atom is -0.508 e. The van der Waals surface area contributed by atoms with Crippen molar-refractivity contribution in [2.45, 2.75) is 6.92 Å². The lowest BCUT2D eigenvalue weighted by Gasteiger charge is -2.03. The van der Waals surface area contributed by atoms with Crippen molar-refractivity contribution in [2.75, 3.05) is 0 Å². The number of phenolic OH excluding ortho intramolecular Hbond substituents is 1. The number of nitrogens with one attached hydrogen (secondary N) is 1. The maximum absolute atomic E-state index is 9.68. The van der Waals surface area contributed by atoms with E-state index in [2.05, 4.69) is 15.0 Å². The zero-order chi connectivity index (χ0) is 11.8. The Morgan fingerprint density at radius 3 is 2.88 bits per heavy atom. The maximum atomic E-state index is 9.68. The van der Waals surface area contributed by atoms with E-state index in [1.54, 1.807) is 18.3 Å². The summed E-state index contributed by atoms with van der Waals surface area (Å²) in [6.45, 7) is 1.87. The Labute approximate surface area is 98.0 Å². The number of H-pyrrole nitrogens is 1. The highest BCUT2D eigenvalue weighted by molar-refractivity contribution is 5.77. The number of aromatic hydroxyl groups is 1. The smallest absolute Gasteiger partial charge is 0.178 e. The summed E-state index contributed by atoms with van der Waals surface area (Å²) < 4.78 is 0. The van der Waals surface area contributed by atoms with Gasteiger partial charge in [-0.3, -0.25) is 0 Å². The van der Waals surface area contributed by atoms with E-state index in [-0.39, 0.29) is 5.75 Å². The number of aromatic nitrogens is 3. The Morgan fingerprint density at radius 2 is 2.06 bits per heavy atom. The molecule has 0 saturated heterocycles. The molecule has 0 aliphatic carbocycles. The number of pyridine rings is 1. The maximum Gasteiger partial charge on any atom is 0.178 e. The van der Waals surface area contributed by atoms with Gasteiger partial charge in [-0.15, -0.1) is 0 Å². The van der Waals surface area contributed by atoms with E-state index < -0.39 is 0 Å². The van der Waals surface area contributed by atoms with E-state index in [0.717, 1.165) is 22.5 Å². The Balaban J connectivity index is 2.24. The van der Waals surface area contributed by atoms with Gasteiger partial charge in [-0.1, -0.05) is 12.1 Å². The molecule has 0 unspecified atom stereocenters. The molecule has 0 fully saturated rings. The van der Waals surface area contributed by atoms with Gasteiger partial charge in [0.15, 0.2) is 5.65 Å². The number of phenols is 1. The highest BCUT2D eigenvalue weighted by Crippen LogP contribution is 2.28. The molecule has 4 heteroatoms. The summed E-state index contributed by atoms with van der Waals surface area (Å²) in [5.74, 6) is 1.00. The first kappa shape index (κ1) is 9.84. The van der Waals surface area contributed by atoms with Crippen LogP contribution in [0.2, 0.25) is 0 Å². The summed E-state index contributed by atoms with van der Waals surface area (Å²) in [4.78, 5) is 11.8. The van der Waals surface area contributed by atoms with Crippen LogP contribution in [-0.4, -0.2) is 20.1 Å². The van der Waals surface area contributed by atoms with Crippen LogP contribution in [0.4, 0.5) is 0 Å². The van der Waals surface area contributed by atoms with Crippen molar-refractivity contribution in [1.82, 2.24) is 15.0 Å². The summed E-state index contributed by atoms with van der Waals surface area (Å²) in [5, 5.41) is 9.68. The Kier molecular flexibility index (Phi) is 2.08. The van der Waals surface area contributed by atoms with Crippen molar-refractivity contribution < 1.29 is 5.11 Å². The van der Waals surface area contributed by atoms with Crippen LogP contribution in [0.5, 0.6) is 5.75 Å². The number of hydrogen-bond donors (Lipinski definition) is 2. The lowest BCUT2D eigenvalue weighted by atomic mass is 10.1. The van der Waals surface area contributed by atoms with Crippen molar-refractivity contribution >= 4 is 11.2 Å². The summed E-state index contributed by atoms with van der Waals surface area (Å²) in [6.07, 6.45) is 1.71. The molecule has 0 amide bonds. The highest BCUT2D eigenvalue weighted by atomic mass is 16.3. The van der Waals surface area contributed by atoms with Crippen LogP contribution < -0.4 is 0 Å². The van der Waals surface area contributed by atoms with Crippen LogP contribution in [0.1, 0.15) is 5.56 Å². The van der Waals surface area contributed by atoms with Gasteiger partial charge in [0.05, 0.1) is 5.52 Å². The normalized spacial score (nSPS) is 10.9. The van der Waals surface area contributed by atoms with E-state index in [9.17, 15) is 5.11 Å². The molecule has 3 rings (SSSR count). The predicted molar refractivity (Wildman–Crippen MR) is 65.7 cm³/mol. The molecular formula is C13H11N3O. The van der Waals surface area contributed by atoms with E-state index in [4.69, 9.17) is 0 Å². The molecule has 2 aromatic heterocycles. The van der Waals surface area contributed by atoms with E-state index in [1.807, 2.05) is 25.1 Å². The second kappa shape index (κ2) is 3.59. The number of imidazole rings is 1. The minimum absolute atomic E-state index is 0.274. The van der Waals surface area contributed by atoms with Gasteiger partial charge in [0, 0.05) is 17.3 Å². The summed E-state index contributed by atoms with van der Waals surface area (Å²) in [6, 6.07) is 9.18. The molecule has 0 atom stereocenters. The largest absolute Gasteiger partial charge is 0.508 e. The second-order valence-corrected chi connectivity index (χ2v) is 3.91. The molecule has 84 valence electrons. The molecule has 0 radical (unpaired) electrons. The number of hydrogen-bond acceptors (Lipinski definition) is 3. The molecule has 0 bridgehead atoms. The van der Waals surface area contributed by atoms with Crippen LogP contribution in [0.15, 0.2) is 36.5 Å².